The molecule has 0 spiro atoms. The summed E-state index contributed by atoms with van der Waals surface area (Å²) in [4.78, 5) is 19.0. The van der Waals surface area contributed by atoms with Gasteiger partial charge in [-0.05, 0) is 29.8 Å². The number of carbonyl (C=O) groups excluding carboxylic acids is 1. The largest absolute Gasteiger partial charge is 0.366 e. The number of hydrogen-bond donors (Lipinski definition) is 3. The fourth-order valence-corrected chi connectivity index (χ4v) is 2.72. The van der Waals surface area contributed by atoms with Gasteiger partial charge in [-0.2, -0.15) is 5.10 Å². The molecule has 0 saturated heterocycles. The van der Waals surface area contributed by atoms with E-state index in [1.54, 1.807) is 18.2 Å². The molecule has 0 aliphatic heterocycles. The highest BCUT2D eigenvalue weighted by Gasteiger charge is 2.18. The van der Waals surface area contributed by atoms with Gasteiger partial charge in [0, 0.05) is 11.0 Å². The molecule has 2 heterocycles. The van der Waals surface area contributed by atoms with E-state index in [9.17, 15) is 9.18 Å². The number of H-pyrrole nitrogens is 2. The van der Waals surface area contributed by atoms with Crippen molar-refractivity contribution >= 4 is 33.4 Å². The average molecular weight is 321 g/mol. The third kappa shape index (κ3) is 2.06. The molecular weight excluding hydrogens is 309 g/mol. The van der Waals surface area contributed by atoms with E-state index in [0.29, 0.717) is 33.5 Å². The van der Waals surface area contributed by atoms with Gasteiger partial charge in [0.15, 0.2) is 5.82 Å². The van der Waals surface area contributed by atoms with Gasteiger partial charge < -0.3 is 10.7 Å². The predicted molar refractivity (Wildman–Crippen MR) is 89.4 cm³/mol. The molecule has 4 rings (SSSR count). The molecule has 4 aromatic rings. The molecule has 0 saturated carbocycles. The topological polar surface area (TPSA) is 100 Å². The lowest BCUT2D eigenvalue weighted by atomic mass is 10.0. The lowest BCUT2D eigenvalue weighted by Gasteiger charge is -2.04. The van der Waals surface area contributed by atoms with E-state index in [4.69, 9.17) is 5.73 Å². The highest BCUT2D eigenvalue weighted by atomic mass is 19.1. The molecule has 0 atom stereocenters. The van der Waals surface area contributed by atoms with Gasteiger partial charge in [0.25, 0.3) is 0 Å². The molecule has 6 nitrogen and oxygen atoms in total. The summed E-state index contributed by atoms with van der Waals surface area (Å²) in [5.41, 5.74) is 8.54. The van der Waals surface area contributed by atoms with Gasteiger partial charge in [-0.3, -0.25) is 9.89 Å². The number of hydrogen-bond acceptors (Lipinski definition) is 3. The Morgan fingerprint density at radius 1 is 1.21 bits per heavy atom. The number of nitrogens with one attached hydrogen (secondary N) is 2. The fraction of sp³-hybridized carbons (Fsp3) is 0. The molecule has 0 aliphatic carbocycles. The molecule has 118 valence electrons. The summed E-state index contributed by atoms with van der Waals surface area (Å²) in [6, 6.07) is 9.65. The quantitative estimate of drug-likeness (QED) is 0.506. The van der Waals surface area contributed by atoms with Crippen LogP contribution in [0.25, 0.3) is 39.0 Å². The van der Waals surface area contributed by atoms with Gasteiger partial charge in [0.2, 0.25) is 5.91 Å². The number of amides is 1. The van der Waals surface area contributed by atoms with Crippen LogP contribution in [0.1, 0.15) is 5.56 Å². The van der Waals surface area contributed by atoms with Gasteiger partial charge in [-0.15, -0.1) is 0 Å². The van der Waals surface area contributed by atoms with Crippen molar-refractivity contribution in [3.63, 3.8) is 0 Å². The Morgan fingerprint density at radius 3 is 2.83 bits per heavy atom. The first-order valence-electron chi connectivity index (χ1n) is 7.16. The molecule has 4 N–H and O–H groups in total. The number of aromatic nitrogens is 4. The van der Waals surface area contributed by atoms with E-state index in [-0.39, 0.29) is 11.4 Å². The third-order valence-electron chi connectivity index (χ3n) is 3.88. The van der Waals surface area contributed by atoms with E-state index in [2.05, 4.69) is 26.7 Å². The summed E-state index contributed by atoms with van der Waals surface area (Å²) in [6.45, 7) is 3.75. The van der Waals surface area contributed by atoms with Crippen molar-refractivity contribution < 1.29 is 9.18 Å². The maximum Gasteiger partial charge on any atom is 0.248 e. The second kappa shape index (κ2) is 5.02. The predicted octanol–water partition coefficient (Wildman–Crippen LogP) is 2.74. The number of nitrogens with two attached hydrogens (primary N) is 1. The zero-order valence-corrected chi connectivity index (χ0v) is 12.4. The highest BCUT2D eigenvalue weighted by molar-refractivity contribution is 6.22. The number of benzene rings is 2. The number of rotatable bonds is 3. The Labute approximate surface area is 135 Å². The lowest BCUT2D eigenvalue weighted by Crippen LogP contribution is -2.12. The van der Waals surface area contributed by atoms with Crippen LogP contribution >= 0.6 is 0 Å². The minimum atomic E-state index is -0.610. The summed E-state index contributed by atoms with van der Waals surface area (Å²) >= 11 is 0. The first-order valence-corrected chi connectivity index (χ1v) is 7.16. The van der Waals surface area contributed by atoms with E-state index in [0.717, 1.165) is 5.52 Å². The van der Waals surface area contributed by atoms with Gasteiger partial charge in [0.1, 0.15) is 11.5 Å². The summed E-state index contributed by atoms with van der Waals surface area (Å²) < 4.78 is 13.4. The van der Waals surface area contributed by atoms with Crippen LogP contribution < -0.4 is 5.73 Å². The third-order valence-corrected chi connectivity index (χ3v) is 3.88. The summed E-state index contributed by atoms with van der Waals surface area (Å²) in [5, 5.41) is 7.86. The molecule has 0 aliphatic rings. The van der Waals surface area contributed by atoms with Crippen molar-refractivity contribution in [2.45, 2.75) is 0 Å². The molecule has 7 heteroatoms. The number of halogens is 1. The van der Waals surface area contributed by atoms with Crippen molar-refractivity contribution in [3.8, 4) is 11.5 Å². The molecule has 0 bridgehead atoms. The number of nitrogens with zero attached hydrogens (tertiary/aromatic N) is 2. The number of fused-ring (bicyclic) bond motifs is 2. The number of imidazole rings is 1. The molecule has 1 amide bonds. The fourth-order valence-electron chi connectivity index (χ4n) is 2.72. The Hall–Kier alpha value is -3.48. The van der Waals surface area contributed by atoms with Crippen molar-refractivity contribution in [1.82, 2.24) is 20.2 Å². The van der Waals surface area contributed by atoms with Crippen molar-refractivity contribution in [1.29, 1.82) is 0 Å². The Kier molecular flexibility index (Phi) is 2.96. The number of aromatic amines is 2. The van der Waals surface area contributed by atoms with Crippen LogP contribution in [0, 0.1) is 5.82 Å². The van der Waals surface area contributed by atoms with Gasteiger partial charge in [0.05, 0.1) is 16.6 Å². The monoisotopic (exact) mass is 321 g/mol. The first kappa shape index (κ1) is 14.1. The summed E-state index contributed by atoms with van der Waals surface area (Å²) in [6.07, 6.45) is 0. The van der Waals surface area contributed by atoms with Gasteiger partial charge in [-0.25, -0.2) is 9.37 Å². The zero-order valence-electron chi connectivity index (χ0n) is 12.4. The van der Waals surface area contributed by atoms with Crippen molar-refractivity contribution in [2.75, 3.05) is 0 Å². The van der Waals surface area contributed by atoms with Crippen molar-refractivity contribution in [3.05, 3.63) is 54.4 Å². The zero-order chi connectivity index (χ0) is 16.8. The normalized spacial score (nSPS) is 11.2. The van der Waals surface area contributed by atoms with Crippen LogP contribution in [0.15, 0.2) is 43.0 Å². The lowest BCUT2D eigenvalue weighted by molar-refractivity contribution is -0.112. The first-order chi connectivity index (χ1) is 11.5. The van der Waals surface area contributed by atoms with Crippen LogP contribution in [0.4, 0.5) is 4.39 Å². The smallest absolute Gasteiger partial charge is 0.248 e. The number of carbonyl (C=O) groups is 1. The molecule has 24 heavy (non-hydrogen) atoms. The van der Waals surface area contributed by atoms with E-state index in [1.807, 2.05) is 6.07 Å². The maximum absolute atomic E-state index is 13.4. The average Bonchev–Trinajstić information content (AvgIpc) is 3.16. The SMILES string of the molecule is C=C(C(N)=O)c1cccc2[nH]nc(-c3nc4ccc(F)cc4[nH]3)c12. The van der Waals surface area contributed by atoms with E-state index >= 15 is 0 Å². The van der Waals surface area contributed by atoms with E-state index in [1.165, 1.54) is 12.1 Å². The Balaban J connectivity index is 1.99. The number of primary amides is 1. The van der Waals surface area contributed by atoms with Crippen molar-refractivity contribution in [2.24, 2.45) is 5.73 Å². The molecule has 0 unspecified atom stereocenters. The van der Waals surface area contributed by atoms with Gasteiger partial charge in [-0.1, -0.05) is 18.7 Å². The van der Waals surface area contributed by atoms with Gasteiger partial charge >= 0.3 is 0 Å². The molecular formula is C17H12FN5O. The molecule has 0 radical (unpaired) electrons. The van der Waals surface area contributed by atoms with E-state index < -0.39 is 5.91 Å². The van der Waals surface area contributed by atoms with Crippen LogP contribution in [-0.2, 0) is 4.79 Å². The second-order valence-electron chi connectivity index (χ2n) is 5.39. The summed E-state index contributed by atoms with van der Waals surface area (Å²) in [7, 11) is 0. The van der Waals surface area contributed by atoms with Crippen LogP contribution in [-0.4, -0.2) is 26.1 Å². The standard InChI is InChI=1S/C17H12FN5O/c1-8(16(19)24)10-3-2-4-12-14(10)15(23-22-12)17-20-11-6-5-9(18)7-13(11)21-17/h2-7H,1H2,(H2,19,24)(H,20,21)(H,22,23). The summed E-state index contributed by atoms with van der Waals surface area (Å²) in [5.74, 6) is -0.500. The second-order valence-corrected chi connectivity index (χ2v) is 5.39. The Bertz CT molecular complexity index is 1120. The highest BCUT2D eigenvalue weighted by Crippen LogP contribution is 2.31. The molecule has 2 aromatic carbocycles. The van der Waals surface area contributed by atoms with Crippen LogP contribution in [0.5, 0.6) is 0 Å². The molecule has 0 fully saturated rings. The maximum atomic E-state index is 13.4. The minimum Gasteiger partial charge on any atom is -0.366 e. The van der Waals surface area contributed by atoms with Crippen LogP contribution in [0.3, 0.4) is 0 Å². The molecule has 2 aromatic heterocycles. The van der Waals surface area contributed by atoms with Crippen LogP contribution in [0.2, 0.25) is 0 Å². The minimum absolute atomic E-state index is 0.186. The Morgan fingerprint density at radius 2 is 2.04 bits per heavy atom.